The SMILES string of the molecule is C[C@@H]1c2nnc(COc3ncccc3F)n2CCN1CC1CCC1. The molecule has 0 aromatic carbocycles. The topological polar surface area (TPSA) is 56.1 Å². The van der Waals surface area contributed by atoms with E-state index in [4.69, 9.17) is 4.74 Å². The Morgan fingerprint density at radius 3 is 2.92 bits per heavy atom. The maximum atomic E-state index is 13.6. The summed E-state index contributed by atoms with van der Waals surface area (Å²) in [6, 6.07) is 3.13. The number of ether oxygens (including phenoxy) is 1. The van der Waals surface area contributed by atoms with Crippen LogP contribution in [0, 0.1) is 11.7 Å². The number of rotatable bonds is 5. The van der Waals surface area contributed by atoms with Gasteiger partial charge in [0.25, 0.3) is 5.88 Å². The first-order valence-electron chi connectivity index (χ1n) is 8.61. The van der Waals surface area contributed by atoms with E-state index in [2.05, 4.69) is 31.6 Å². The monoisotopic (exact) mass is 331 g/mol. The van der Waals surface area contributed by atoms with Crippen LogP contribution in [0.2, 0.25) is 0 Å². The van der Waals surface area contributed by atoms with E-state index in [-0.39, 0.29) is 18.5 Å². The van der Waals surface area contributed by atoms with Gasteiger partial charge in [-0.2, -0.15) is 0 Å². The fourth-order valence-corrected chi connectivity index (χ4v) is 3.46. The highest BCUT2D eigenvalue weighted by molar-refractivity contribution is 5.13. The van der Waals surface area contributed by atoms with E-state index in [0.717, 1.165) is 37.2 Å². The summed E-state index contributed by atoms with van der Waals surface area (Å²) in [4.78, 5) is 6.40. The van der Waals surface area contributed by atoms with E-state index in [9.17, 15) is 4.39 Å². The normalized spacial score (nSPS) is 21.3. The van der Waals surface area contributed by atoms with Crippen LogP contribution in [0.1, 0.15) is 43.9 Å². The van der Waals surface area contributed by atoms with Crippen molar-refractivity contribution in [1.82, 2.24) is 24.6 Å². The van der Waals surface area contributed by atoms with Crippen molar-refractivity contribution in [2.45, 2.75) is 45.4 Å². The number of aromatic nitrogens is 4. The Morgan fingerprint density at radius 2 is 2.17 bits per heavy atom. The lowest BCUT2D eigenvalue weighted by atomic mass is 9.84. The van der Waals surface area contributed by atoms with Crippen molar-refractivity contribution >= 4 is 0 Å². The Morgan fingerprint density at radius 1 is 1.29 bits per heavy atom. The van der Waals surface area contributed by atoms with Crippen LogP contribution in [0.15, 0.2) is 18.3 Å². The quantitative estimate of drug-likeness (QED) is 0.843. The molecule has 0 bridgehead atoms. The van der Waals surface area contributed by atoms with Crippen molar-refractivity contribution in [3.63, 3.8) is 0 Å². The summed E-state index contributed by atoms with van der Waals surface area (Å²) in [6.45, 7) is 5.35. The van der Waals surface area contributed by atoms with Gasteiger partial charge in [0, 0.05) is 25.8 Å². The van der Waals surface area contributed by atoms with Gasteiger partial charge in [-0.3, -0.25) is 4.90 Å². The van der Waals surface area contributed by atoms with Crippen LogP contribution in [0.25, 0.3) is 0 Å². The molecule has 7 heteroatoms. The van der Waals surface area contributed by atoms with Gasteiger partial charge < -0.3 is 9.30 Å². The Labute approximate surface area is 140 Å². The van der Waals surface area contributed by atoms with Gasteiger partial charge in [0.05, 0.1) is 6.04 Å². The molecule has 1 aliphatic heterocycles. The summed E-state index contributed by atoms with van der Waals surface area (Å²) in [5.41, 5.74) is 0. The van der Waals surface area contributed by atoms with Gasteiger partial charge in [0.2, 0.25) is 0 Å². The van der Waals surface area contributed by atoms with Gasteiger partial charge in [-0.05, 0) is 37.8 Å². The Hall–Kier alpha value is -2.02. The highest BCUT2D eigenvalue weighted by atomic mass is 19.1. The zero-order valence-corrected chi connectivity index (χ0v) is 13.9. The van der Waals surface area contributed by atoms with E-state index >= 15 is 0 Å². The second-order valence-electron chi connectivity index (χ2n) is 6.67. The lowest BCUT2D eigenvalue weighted by Crippen LogP contribution is -2.41. The molecule has 0 radical (unpaired) electrons. The highest BCUT2D eigenvalue weighted by Crippen LogP contribution is 2.32. The smallest absolute Gasteiger partial charge is 0.250 e. The molecule has 1 aliphatic carbocycles. The van der Waals surface area contributed by atoms with Crippen molar-refractivity contribution < 1.29 is 9.13 Å². The lowest BCUT2D eigenvalue weighted by molar-refractivity contribution is 0.110. The van der Waals surface area contributed by atoms with Crippen molar-refractivity contribution in [2.24, 2.45) is 5.92 Å². The molecule has 4 rings (SSSR count). The molecule has 128 valence electrons. The third-order valence-electron chi connectivity index (χ3n) is 5.17. The molecule has 6 nitrogen and oxygen atoms in total. The van der Waals surface area contributed by atoms with Crippen molar-refractivity contribution in [2.75, 3.05) is 13.1 Å². The van der Waals surface area contributed by atoms with E-state index in [1.807, 2.05) is 0 Å². The van der Waals surface area contributed by atoms with Crippen LogP contribution in [0.5, 0.6) is 5.88 Å². The first kappa shape index (κ1) is 15.5. The Balaban J connectivity index is 1.44. The Bertz CT molecular complexity index is 715. The van der Waals surface area contributed by atoms with E-state index < -0.39 is 5.82 Å². The van der Waals surface area contributed by atoms with Crippen LogP contribution in [-0.2, 0) is 13.2 Å². The molecule has 2 aromatic rings. The predicted molar refractivity (Wildman–Crippen MR) is 85.9 cm³/mol. The van der Waals surface area contributed by atoms with Crippen LogP contribution in [0.3, 0.4) is 0 Å². The molecule has 1 saturated carbocycles. The first-order valence-corrected chi connectivity index (χ1v) is 8.61. The predicted octanol–water partition coefficient (Wildman–Crippen LogP) is 2.57. The molecule has 0 N–H and O–H groups in total. The number of halogens is 1. The molecule has 24 heavy (non-hydrogen) atoms. The summed E-state index contributed by atoms with van der Waals surface area (Å²) < 4.78 is 21.2. The summed E-state index contributed by atoms with van der Waals surface area (Å²) in [7, 11) is 0. The molecule has 0 amide bonds. The fraction of sp³-hybridized carbons (Fsp3) is 0.588. The van der Waals surface area contributed by atoms with Crippen LogP contribution < -0.4 is 4.74 Å². The molecule has 1 fully saturated rings. The molecule has 0 unspecified atom stereocenters. The minimum atomic E-state index is -0.462. The van der Waals surface area contributed by atoms with Crippen molar-refractivity contribution in [3.8, 4) is 5.88 Å². The lowest BCUT2D eigenvalue weighted by Gasteiger charge is -2.38. The minimum Gasteiger partial charge on any atom is -0.467 e. The molecule has 2 aromatic heterocycles. The standard InChI is InChI=1S/C17H22FN5O/c1-12-16-21-20-15(11-24-17-14(18)6-3-7-19-17)23(16)9-8-22(12)10-13-4-2-5-13/h3,6-7,12-13H,2,4-5,8-11H2,1H3/t12-/m1/s1. The van der Waals surface area contributed by atoms with Gasteiger partial charge in [0.15, 0.2) is 11.6 Å². The van der Waals surface area contributed by atoms with Gasteiger partial charge in [-0.25, -0.2) is 9.37 Å². The van der Waals surface area contributed by atoms with Crippen LogP contribution in [-0.4, -0.2) is 37.7 Å². The highest BCUT2D eigenvalue weighted by Gasteiger charge is 2.31. The second-order valence-corrected chi connectivity index (χ2v) is 6.67. The molecule has 3 heterocycles. The summed E-state index contributed by atoms with van der Waals surface area (Å²) in [5.74, 6) is 2.09. The van der Waals surface area contributed by atoms with Gasteiger partial charge in [-0.15, -0.1) is 10.2 Å². The second kappa shape index (κ2) is 6.47. The summed E-state index contributed by atoms with van der Waals surface area (Å²) in [6.07, 6.45) is 5.59. The molecular weight excluding hydrogens is 309 g/mol. The maximum Gasteiger partial charge on any atom is 0.250 e. The summed E-state index contributed by atoms with van der Waals surface area (Å²) in [5, 5.41) is 8.60. The average Bonchev–Trinajstić information content (AvgIpc) is 2.96. The number of fused-ring (bicyclic) bond motifs is 1. The van der Waals surface area contributed by atoms with E-state index in [0.29, 0.717) is 0 Å². The van der Waals surface area contributed by atoms with Crippen LogP contribution >= 0.6 is 0 Å². The zero-order valence-electron chi connectivity index (χ0n) is 13.9. The largest absolute Gasteiger partial charge is 0.467 e. The third kappa shape index (κ3) is 2.88. The zero-order chi connectivity index (χ0) is 16.5. The first-order chi connectivity index (χ1) is 11.7. The van der Waals surface area contributed by atoms with Gasteiger partial charge in [-0.1, -0.05) is 6.42 Å². The molecular formula is C17H22FN5O. The molecule has 0 spiro atoms. The van der Waals surface area contributed by atoms with E-state index in [1.165, 1.54) is 31.5 Å². The fourth-order valence-electron chi connectivity index (χ4n) is 3.46. The van der Waals surface area contributed by atoms with Gasteiger partial charge in [0.1, 0.15) is 12.4 Å². The Kier molecular flexibility index (Phi) is 4.18. The van der Waals surface area contributed by atoms with Crippen LogP contribution in [0.4, 0.5) is 4.39 Å². The van der Waals surface area contributed by atoms with E-state index in [1.54, 1.807) is 6.07 Å². The number of hydrogen-bond donors (Lipinski definition) is 0. The molecule has 2 aliphatic rings. The average molecular weight is 331 g/mol. The summed E-state index contributed by atoms with van der Waals surface area (Å²) >= 11 is 0. The number of nitrogens with zero attached hydrogens (tertiary/aromatic N) is 5. The third-order valence-corrected chi connectivity index (χ3v) is 5.17. The minimum absolute atomic E-state index is 0.00492. The van der Waals surface area contributed by atoms with Crippen molar-refractivity contribution in [1.29, 1.82) is 0 Å². The number of pyridine rings is 1. The number of hydrogen-bond acceptors (Lipinski definition) is 5. The molecule has 1 atom stereocenters. The van der Waals surface area contributed by atoms with Crippen molar-refractivity contribution in [3.05, 3.63) is 35.8 Å². The van der Waals surface area contributed by atoms with Gasteiger partial charge >= 0.3 is 0 Å². The molecule has 0 saturated heterocycles. The maximum absolute atomic E-state index is 13.6.